The summed E-state index contributed by atoms with van der Waals surface area (Å²) in [6.07, 6.45) is 3.69. The van der Waals surface area contributed by atoms with Crippen molar-refractivity contribution in [3.63, 3.8) is 0 Å². The molecular formula is C23H21NO2. The molecule has 0 fully saturated rings. The standard InChI is InChI=1S/C23H21NO2/c1-14(2)16-9-7-15(8-10-16)13-17-11-12-19-21(23(25)26)18-5-3-4-6-20(18)24-22(17)19/h3-10,13-14H,11-12H2,1-2H3,(H,25,26)/b17-13-. The van der Waals surface area contributed by atoms with E-state index in [9.17, 15) is 9.90 Å². The molecule has 130 valence electrons. The fraction of sp³-hybridized carbons (Fsp3) is 0.217. The predicted octanol–water partition coefficient (Wildman–Crippen LogP) is 5.54. The van der Waals surface area contributed by atoms with E-state index in [-0.39, 0.29) is 0 Å². The fourth-order valence-electron chi connectivity index (χ4n) is 3.70. The van der Waals surface area contributed by atoms with Crippen molar-refractivity contribution in [1.82, 2.24) is 4.98 Å². The first-order valence-corrected chi connectivity index (χ1v) is 9.00. The quantitative estimate of drug-likeness (QED) is 0.679. The number of hydrogen-bond donors (Lipinski definition) is 1. The number of carbonyl (C=O) groups is 1. The van der Waals surface area contributed by atoms with Crippen LogP contribution in [0.3, 0.4) is 0 Å². The molecule has 3 nitrogen and oxygen atoms in total. The largest absolute Gasteiger partial charge is 0.478 e. The summed E-state index contributed by atoms with van der Waals surface area (Å²) in [5.74, 6) is -0.363. The van der Waals surface area contributed by atoms with Gasteiger partial charge in [0, 0.05) is 5.39 Å². The molecule has 1 aromatic heterocycles. The summed E-state index contributed by atoms with van der Waals surface area (Å²) >= 11 is 0. The van der Waals surface area contributed by atoms with E-state index in [1.165, 1.54) is 5.56 Å². The first kappa shape index (κ1) is 16.5. The second kappa shape index (κ2) is 6.41. The summed E-state index contributed by atoms with van der Waals surface area (Å²) in [5.41, 5.74) is 6.41. The maximum atomic E-state index is 11.9. The Morgan fingerprint density at radius 1 is 1.08 bits per heavy atom. The maximum absolute atomic E-state index is 11.9. The van der Waals surface area contributed by atoms with Gasteiger partial charge in [-0.15, -0.1) is 0 Å². The normalized spacial score (nSPS) is 15.0. The average molecular weight is 343 g/mol. The predicted molar refractivity (Wildman–Crippen MR) is 105 cm³/mol. The van der Waals surface area contributed by atoms with E-state index < -0.39 is 5.97 Å². The van der Waals surface area contributed by atoms with Gasteiger partial charge in [0.05, 0.1) is 16.8 Å². The zero-order chi connectivity index (χ0) is 18.3. The third-order valence-electron chi connectivity index (χ3n) is 5.10. The van der Waals surface area contributed by atoms with E-state index in [0.29, 0.717) is 11.5 Å². The SMILES string of the molecule is CC(C)c1ccc(/C=C2/CCc3c2nc2ccccc2c3C(=O)O)cc1. The molecule has 0 unspecified atom stereocenters. The van der Waals surface area contributed by atoms with Crippen molar-refractivity contribution < 1.29 is 9.90 Å². The summed E-state index contributed by atoms with van der Waals surface area (Å²) in [5, 5.41) is 10.5. The first-order chi connectivity index (χ1) is 12.5. The molecule has 0 spiro atoms. The average Bonchev–Trinajstić information content (AvgIpc) is 3.02. The Balaban J connectivity index is 1.83. The van der Waals surface area contributed by atoms with Crippen LogP contribution in [0.5, 0.6) is 0 Å². The molecule has 2 aromatic carbocycles. The van der Waals surface area contributed by atoms with Crippen LogP contribution < -0.4 is 0 Å². The van der Waals surface area contributed by atoms with Gasteiger partial charge in [-0.3, -0.25) is 0 Å². The lowest BCUT2D eigenvalue weighted by Crippen LogP contribution is -2.05. The number of benzene rings is 2. The molecule has 1 aliphatic carbocycles. The van der Waals surface area contributed by atoms with Gasteiger partial charge in [-0.05, 0) is 53.2 Å². The number of aromatic nitrogens is 1. The molecule has 0 amide bonds. The molecule has 1 N–H and O–H groups in total. The molecule has 0 atom stereocenters. The smallest absolute Gasteiger partial charge is 0.336 e. The Bertz CT molecular complexity index is 1030. The molecular weight excluding hydrogens is 322 g/mol. The number of rotatable bonds is 3. The Morgan fingerprint density at radius 3 is 2.50 bits per heavy atom. The number of pyridine rings is 1. The molecule has 0 aliphatic heterocycles. The van der Waals surface area contributed by atoms with Crippen LogP contribution >= 0.6 is 0 Å². The van der Waals surface area contributed by atoms with Crippen LogP contribution in [0, 0.1) is 0 Å². The topological polar surface area (TPSA) is 50.2 Å². The number of nitrogens with zero attached hydrogens (tertiary/aromatic N) is 1. The molecule has 3 aromatic rings. The Kier molecular flexibility index (Phi) is 4.08. The Labute approximate surface area is 153 Å². The van der Waals surface area contributed by atoms with Crippen LogP contribution in [-0.2, 0) is 6.42 Å². The highest BCUT2D eigenvalue weighted by Crippen LogP contribution is 2.37. The summed E-state index contributed by atoms with van der Waals surface area (Å²) in [6, 6.07) is 16.1. The minimum absolute atomic E-state index is 0.407. The molecule has 4 rings (SSSR count). The van der Waals surface area contributed by atoms with Crippen molar-refractivity contribution in [2.45, 2.75) is 32.6 Å². The van der Waals surface area contributed by atoms with Crippen molar-refractivity contribution >= 4 is 28.5 Å². The van der Waals surface area contributed by atoms with Gasteiger partial charge < -0.3 is 5.11 Å². The number of hydrogen-bond acceptors (Lipinski definition) is 2. The molecule has 1 heterocycles. The minimum Gasteiger partial charge on any atom is -0.478 e. The molecule has 0 bridgehead atoms. The number of carboxylic acid groups (broad SMARTS) is 1. The summed E-state index contributed by atoms with van der Waals surface area (Å²) in [4.78, 5) is 16.7. The molecule has 3 heteroatoms. The summed E-state index contributed by atoms with van der Waals surface area (Å²) in [7, 11) is 0. The van der Waals surface area contributed by atoms with Crippen molar-refractivity contribution in [3.05, 3.63) is 76.5 Å². The monoisotopic (exact) mass is 343 g/mol. The lowest BCUT2D eigenvalue weighted by atomic mass is 9.99. The summed E-state index contributed by atoms with van der Waals surface area (Å²) < 4.78 is 0. The lowest BCUT2D eigenvalue weighted by Gasteiger charge is -2.09. The highest BCUT2D eigenvalue weighted by molar-refractivity contribution is 6.06. The lowest BCUT2D eigenvalue weighted by molar-refractivity contribution is 0.0698. The van der Waals surface area contributed by atoms with Gasteiger partial charge in [0.2, 0.25) is 0 Å². The summed E-state index contributed by atoms with van der Waals surface area (Å²) in [6.45, 7) is 4.37. The minimum atomic E-state index is -0.873. The molecule has 0 saturated carbocycles. The van der Waals surface area contributed by atoms with Crippen LogP contribution in [0.1, 0.15) is 58.9 Å². The third-order valence-corrected chi connectivity index (χ3v) is 5.10. The maximum Gasteiger partial charge on any atom is 0.336 e. The fourth-order valence-corrected chi connectivity index (χ4v) is 3.70. The zero-order valence-corrected chi connectivity index (χ0v) is 15.0. The van der Waals surface area contributed by atoms with Crippen LogP contribution in [-0.4, -0.2) is 16.1 Å². The van der Waals surface area contributed by atoms with E-state index in [2.05, 4.69) is 44.2 Å². The molecule has 0 saturated heterocycles. The van der Waals surface area contributed by atoms with Crippen molar-refractivity contribution in [1.29, 1.82) is 0 Å². The highest BCUT2D eigenvalue weighted by atomic mass is 16.4. The van der Waals surface area contributed by atoms with Crippen LogP contribution in [0.15, 0.2) is 48.5 Å². The van der Waals surface area contributed by atoms with Gasteiger partial charge in [-0.25, -0.2) is 9.78 Å². The second-order valence-corrected chi connectivity index (χ2v) is 7.13. The van der Waals surface area contributed by atoms with Crippen molar-refractivity contribution in [2.75, 3.05) is 0 Å². The van der Waals surface area contributed by atoms with Crippen LogP contribution in [0.4, 0.5) is 0 Å². The van der Waals surface area contributed by atoms with Gasteiger partial charge in [0.1, 0.15) is 0 Å². The molecule has 0 radical (unpaired) electrons. The van der Waals surface area contributed by atoms with E-state index in [4.69, 9.17) is 4.98 Å². The van der Waals surface area contributed by atoms with Gasteiger partial charge in [0.15, 0.2) is 0 Å². The van der Waals surface area contributed by atoms with Crippen molar-refractivity contribution in [2.24, 2.45) is 0 Å². The van der Waals surface area contributed by atoms with Crippen LogP contribution in [0.2, 0.25) is 0 Å². The number of aromatic carboxylic acids is 1. The van der Waals surface area contributed by atoms with Crippen molar-refractivity contribution in [3.8, 4) is 0 Å². The highest BCUT2D eigenvalue weighted by Gasteiger charge is 2.26. The second-order valence-electron chi connectivity index (χ2n) is 7.13. The van der Waals surface area contributed by atoms with E-state index >= 15 is 0 Å². The molecule has 26 heavy (non-hydrogen) atoms. The van der Waals surface area contributed by atoms with E-state index in [1.54, 1.807) is 0 Å². The van der Waals surface area contributed by atoms with Gasteiger partial charge in [0.25, 0.3) is 0 Å². The van der Waals surface area contributed by atoms with Gasteiger partial charge in [-0.2, -0.15) is 0 Å². The first-order valence-electron chi connectivity index (χ1n) is 9.00. The number of carboxylic acids is 1. The van der Waals surface area contributed by atoms with Gasteiger partial charge >= 0.3 is 5.97 Å². The Morgan fingerprint density at radius 2 is 1.81 bits per heavy atom. The number of para-hydroxylation sites is 1. The number of fused-ring (bicyclic) bond motifs is 2. The third kappa shape index (κ3) is 2.80. The Hall–Kier alpha value is -2.94. The van der Waals surface area contributed by atoms with E-state index in [1.807, 2.05) is 24.3 Å². The van der Waals surface area contributed by atoms with Crippen LogP contribution in [0.25, 0.3) is 22.6 Å². The van der Waals surface area contributed by atoms with Gasteiger partial charge in [-0.1, -0.05) is 56.3 Å². The van der Waals surface area contributed by atoms with E-state index in [0.717, 1.165) is 46.1 Å². The number of allylic oxidation sites excluding steroid dienone is 1. The molecule has 1 aliphatic rings. The zero-order valence-electron chi connectivity index (χ0n) is 15.0.